The number of nitrogens with zero attached hydrogens (tertiary/aromatic N) is 3. The summed E-state index contributed by atoms with van der Waals surface area (Å²) in [6.07, 6.45) is 1.66. The highest BCUT2D eigenvalue weighted by atomic mass is 35.5. The second-order valence-corrected chi connectivity index (χ2v) is 5.52. The molecule has 0 saturated carbocycles. The summed E-state index contributed by atoms with van der Waals surface area (Å²) in [7, 11) is 0. The van der Waals surface area contributed by atoms with Crippen LogP contribution in [0.25, 0.3) is 21.4 Å². The Hall–Kier alpha value is -2.18. The molecule has 4 aromatic rings. The number of hydrogen-bond donors (Lipinski definition) is 1. The zero-order valence-electron chi connectivity index (χ0n) is 10.0. The molecule has 3 heterocycles. The van der Waals surface area contributed by atoms with Gasteiger partial charge in [-0.3, -0.25) is 5.32 Å². The molecule has 5 nitrogen and oxygen atoms in total. The zero-order chi connectivity index (χ0) is 13.5. The van der Waals surface area contributed by atoms with Crippen LogP contribution >= 0.6 is 22.9 Å². The second-order valence-electron chi connectivity index (χ2n) is 4.08. The van der Waals surface area contributed by atoms with E-state index < -0.39 is 0 Å². The van der Waals surface area contributed by atoms with Crippen LogP contribution in [0.3, 0.4) is 0 Å². The van der Waals surface area contributed by atoms with Crippen LogP contribution < -0.4 is 5.32 Å². The number of halogens is 1. The number of oxazole rings is 1. The number of fused-ring (bicyclic) bond motifs is 2. The molecule has 0 bridgehead atoms. The predicted molar refractivity (Wildman–Crippen MR) is 79.7 cm³/mol. The highest BCUT2D eigenvalue weighted by Crippen LogP contribution is 2.32. The number of rotatable bonds is 2. The molecule has 0 fully saturated rings. The molecule has 0 unspecified atom stereocenters. The normalized spacial score (nSPS) is 11.2. The van der Waals surface area contributed by atoms with E-state index >= 15 is 0 Å². The average molecular weight is 303 g/mol. The Morgan fingerprint density at radius 2 is 2.10 bits per heavy atom. The maximum absolute atomic E-state index is 6.10. The molecule has 0 saturated heterocycles. The maximum Gasteiger partial charge on any atom is 0.303 e. The van der Waals surface area contributed by atoms with E-state index in [0.29, 0.717) is 27.4 Å². The van der Waals surface area contributed by atoms with Crippen molar-refractivity contribution in [1.29, 1.82) is 0 Å². The van der Waals surface area contributed by atoms with Crippen molar-refractivity contribution in [3.05, 3.63) is 41.6 Å². The number of benzene rings is 1. The summed E-state index contributed by atoms with van der Waals surface area (Å²) in [5, 5.41) is 4.35. The SMILES string of the molecule is Clc1cccc2sc(Nc3nc4cccnc4o3)nc12. The van der Waals surface area contributed by atoms with Crippen molar-refractivity contribution in [3.8, 4) is 0 Å². The summed E-state index contributed by atoms with van der Waals surface area (Å²) in [6, 6.07) is 9.71. The first-order valence-corrected chi connectivity index (χ1v) is 7.03. The van der Waals surface area contributed by atoms with Crippen LogP contribution in [-0.2, 0) is 0 Å². The standard InChI is InChI=1S/C13H7ClN4OS/c14-7-3-1-5-9-10(7)17-13(20-9)18-12-16-8-4-2-6-15-11(8)19-12/h1-6H,(H,16,17,18). The van der Waals surface area contributed by atoms with E-state index in [-0.39, 0.29) is 0 Å². The number of aromatic nitrogens is 3. The van der Waals surface area contributed by atoms with Gasteiger partial charge in [0.05, 0.1) is 9.72 Å². The van der Waals surface area contributed by atoms with Gasteiger partial charge in [0.2, 0.25) is 5.71 Å². The minimum Gasteiger partial charge on any atom is -0.404 e. The Morgan fingerprint density at radius 1 is 1.15 bits per heavy atom. The predicted octanol–water partition coefficient (Wildman–Crippen LogP) is 4.23. The number of para-hydroxylation sites is 1. The fourth-order valence-corrected chi connectivity index (χ4v) is 3.04. The van der Waals surface area contributed by atoms with Gasteiger partial charge in [-0.1, -0.05) is 29.0 Å². The Balaban J connectivity index is 1.74. The van der Waals surface area contributed by atoms with Crippen LogP contribution in [0.5, 0.6) is 0 Å². The number of anilines is 2. The van der Waals surface area contributed by atoms with Crippen molar-refractivity contribution >= 4 is 55.5 Å². The maximum atomic E-state index is 6.10. The summed E-state index contributed by atoms with van der Waals surface area (Å²) in [5.74, 6) is 0. The van der Waals surface area contributed by atoms with Crippen molar-refractivity contribution in [1.82, 2.24) is 15.0 Å². The first-order chi connectivity index (χ1) is 9.79. The molecule has 0 atom stereocenters. The van der Waals surface area contributed by atoms with Gasteiger partial charge in [-0.05, 0) is 24.3 Å². The molecule has 0 aliphatic carbocycles. The van der Waals surface area contributed by atoms with Gasteiger partial charge in [0, 0.05) is 6.20 Å². The molecule has 0 amide bonds. The molecule has 4 rings (SSSR count). The van der Waals surface area contributed by atoms with Gasteiger partial charge in [0.1, 0.15) is 11.0 Å². The smallest absolute Gasteiger partial charge is 0.303 e. The molecule has 0 spiro atoms. The monoisotopic (exact) mass is 302 g/mol. The molecule has 3 aromatic heterocycles. The summed E-state index contributed by atoms with van der Waals surface area (Å²) < 4.78 is 6.51. The molecule has 0 aliphatic rings. The number of nitrogens with one attached hydrogen (secondary N) is 1. The zero-order valence-corrected chi connectivity index (χ0v) is 11.6. The van der Waals surface area contributed by atoms with Crippen molar-refractivity contribution in [2.75, 3.05) is 5.32 Å². The molecule has 0 aliphatic heterocycles. The van der Waals surface area contributed by atoms with E-state index in [1.54, 1.807) is 6.20 Å². The van der Waals surface area contributed by atoms with Gasteiger partial charge >= 0.3 is 6.01 Å². The van der Waals surface area contributed by atoms with Crippen molar-refractivity contribution in [2.45, 2.75) is 0 Å². The van der Waals surface area contributed by atoms with E-state index in [9.17, 15) is 0 Å². The van der Waals surface area contributed by atoms with Crippen LogP contribution in [0.1, 0.15) is 0 Å². The summed E-state index contributed by atoms with van der Waals surface area (Å²) in [6.45, 7) is 0. The lowest BCUT2D eigenvalue weighted by atomic mass is 10.3. The highest BCUT2D eigenvalue weighted by Gasteiger charge is 2.10. The molecule has 98 valence electrons. The molecular weight excluding hydrogens is 296 g/mol. The number of pyridine rings is 1. The Bertz CT molecular complexity index is 884. The molecule has 1 N–H and O–H groups in total. The minimum atomic E-state index is 0.369. The van der Waals surface area contributed by atoms with E-state index in [1.807, 2.05) is 30.3 Å². The van der Waals surface area contributed by atoms with Crippen molar-refractivity contribution in [2.24, 2.45) is 0 Å². The summed E-state index contributed by atoms with van der Waals surface area (Å²) in [5.41, 5.74) is 1.97. The third kappa shape index (κ3) is 1.90. The Morgan fingerprint density at radius 3 is 2.95 bits per heavy atom. The average Bonchev–Trinajstić information content (AvgIpc) is 3.02. The van der Waals surface area contributed by atoms with Crippen LogP contribution in [0, 0.1) is 0 Å². The van der Waals surface area contributed by atoms with Crippen molar-refractivity contribution in [3.63, 3.8) is 0 Å². The molecular formula is C13H7ClN4OS. The Kier molecular flexibility index (Phi) is 2.58. The first-order valence-electron chi connectivity index (χ1n) is 5.83. The summed E-state index contributed by atoms with van der Waals surface area (Å²) in [4.78, 5) is 12.8. The third-order valence-electron chi connectivity index (χ3n) is 2.75. The second kappa shape index (κ2) is 4.43. The van der Waals surface area contributed by atoms with E-state index in [0.717, 1.165) is 10.2 Å². The minimum absolute atomic E-state index is 0.369. The van der Waals surface area contributed by atoms with E-state index in [1.165, 1.54) is 11.3 Å². The van der Waals surface area contributed by atoms with E-state index in [2.05, 4.69) is 20.3 Å². The quantitative estimate of drug-likeness (QED) is 0.600. The highest BCUT2D eigenvalue weighted by molar-refractivity contribution is 7.22. The summed E-state index contributed by atoms with van der Waals surface area (Å²) >= 11 is 7.59. The number of hydrogen-bond acceptors (Lipinski definition) is 6. The van der Waals surface area contributed by atoms with Crippen LogP contribution in [0.4, 0.5) is 11.1 Å². The van der Waals surface area contributed by atoms with Crippen LogP contribution in [-0.4, -0.2) is 15.0 Å². The van der Waals surface area contributed by atoms with Gasteiger partial charge in [0.25, 0.3) is 0 Å². The van der Waals surface area contributed by atoms with Crippen molar-refractivity contribution < 1.29 is 4.42 Å². The lowest BCUT2D eigenvalue weighted by Gasteiger charge is -1.92. The van der Waals surface area contributed by atoms with Gasteiger partial charge in [-0.15, -0.1) is 0 Å². The fraction of sp³-hybridized carbons (Fsp3) is 0. The van der Waals surface area contributed by atoms with Crippen LogP contribution in [0.15, 0.2) is 40.9 Å². The first kappa shape index (κ1) is 11.6. The Labute approximate surface area is 122 Å². The fourth-order valence-electron chi connectivity index (χ4n) is 1.88. The van der Waals surface area contributed by atoms with E-state index in [4.69, 9.17) is 16.0 Å². The van der Waals surface area contributed by atoms with Gasteiger partial charge < -0.3 is 4.42 Å². The van der Waals surface area contributed by atoms with Gasteiger partial charge in [-0.25, -0.2) is 9.97 Å². The number of thiazole rings is 1. The topological polar surface area (TPSA) is 63.8 Å². The third-order valence-corrected chi connectivity index (χ3v) is 3.99. The molecule has 0 radical (unpaired) electrons. The largest absolute Gasteiger partial charge is 0.404 e. The molecule has 1 aromatic carbocycles. The van der Waals surface area contributed by atoms with Crippen LogP contribution in [0.2, 0.25) is 5.02 Å². The van der Waals surface area contributed by atoms with Gasteiger partial charge in [0.15, 0.2) is 5.13 Å². The van der Waals surface area contributed by atoms with Gasteiger partial charge in [-0.2, -0.15) is 4.98 Å². The molecule has 20 heavy (non-hydrogen) atoms. The lowest BCUT2D eigenvalue weighted by Crippen LogP contribution is -1.88. The molecule has 7 heteroatoms. The lowest BCUT2D eigenvalue weighted by molar-refractivity contribution is 0.611.